The van der Waals surface area contributed by atoms with Crippen LogP contribution in [0.3, 0.4) is 0 Å². The summed E-state index contributed by atoms with van der Waals surface area (Å²) in [7, 11) is 0. The summed E-state index contributed by atoms with van der Waals surface area (Å²) in [6, 6.07) is 0. The second-order valence-electron chi connectivity index (χ2n) is 12.9. The van der Waals surface area contributed by atoms with Crippen molar-refractivity contribution in [3.05, 3.63) is 0 Å². The van der Waals surface area contributed by atoms with Crippen LogP contribution >= 0.6 is 0 Å². The van der Waals surface area contributed by atoms with Crippen molar-refractivity contribution in [3.8, 4) is 0 Å². The number of rotatable bonds is 6. The van der Waals surface area contributed by atoms with Crippen molar-refractivity contribution >= 4 is 5.78 Å². The Kier molecular flexibility index (Phi) is 6.27. The molecule has 0 N–H and O–H groups in total. The molecular formula is C28H48O. The smallest absolute Gasteiger partial charge is 0.133 e. The standard InChI is InChI=1S/C28H48O/c1-19(2)7-6-8-20(3)17-21-10-12-25-24-11-9-22-18-23(29)13-15-27(22,4)26(24)14-16-28(21,25)5/h19-22,24-26H,6-18H2,1-5H3/t20-,21-,22?,24?,25?,26?,27+,28-/m1/s1. The number of hydrogen-bond acceptors (Lipinski definition) is 1. The van der Waals surface area contributed by atoms with Gasteiger partial charge in [0.2, 0.25) is 0 Å². The highest BCUT2D eigenvalue weighted by molar-refractivity contribution is 5.79. The number of Topliss-reactive ketones (excluding diaryl/α,β-unsaturated/α-hetero) is 1. The van der Waals surface area contributed by atoms with Crippen LogP contribution in [0.5, 0.6) is 0 Å². The Balaban J connectivity index is 1.41. The van der Waals surface area contributed by atoms with Crippen LogP contribution in [0.2, 0.25) is 0 Å². The molecule has 4 aliphatic rings. The van der Waals surface area contributed by atoms with Crippen LogP contribution in [0.25, 0.3) is 0 Å². The maximum absolute atomic E-state index is 12.1. The third kappa shape index (κ3) is 3.98. The predicted molar refractivity (Wildman–Crippen MR) is 123 cm³/mol. The van der Waals surface area contributed by atoms with Crippen molar-refractivity contribution in [2.45, 2.75) is 118 Å². The third-order valence-electron chi connectivity index (χ3n) is 10.8. The number of fused-ring (bicyclic) bond motifs is 5. The van der Waals surface area contributed by atoms with Gasteiger partial charge in [-0.3, -0.25) is 4.79 Å². The molecule has 4 saturated carbocycles. The minimum Gasteiger partial charge on any atom is -0.300 e. The van der Waals surface area contributed by atoms with E-state index in [9.17, 15) is 4.79 Å². The van der Waals surface area contributed by atoms with Crippen molar-refractivity contribution in [3.63, 3.8) is 0 Å². The van der Waals surface area contributed by atoms with Crippen LogP contribution in [0.15, 0.2) is 0 Å². The van der Waals surface area contributed by atoms with Gasteiger partial charge in [-0.25, -0.2) is 0 Å². The Bertz CT molecular complexity index is 593. The molecule has 8 atom stereocenters. The summed E-state index contributed by atoms with van der Waals surface area (Å²) in [5.74, 6) is 6.85. The lowest BCUT2D eigenvalue weighted by Crippen LogP contribution is -2.53. The Morgan fingerprint density at radius 2 is 1.66 bits per heavy atom. The molecule has 29 heavy (non-hydrogen) atoms. The zero-order chi connectivity index (χ0) is 20.8. The van der Waals surface area contributed by atoms with Gasteiger partial charge in [0.25, 0.3) is 0 Å². The fourth-order valence-corrected chi connectivity index (χ4v) is 9.02. The first-order valence-corrected chi connectivity index (χ1v) is 13.3. The van der Waals surface area contributed by atoms with E-state index in [2.05, 4.69) is 34.6 Å². The lowest BCUT2D eigenvalue weighted by atomic mass is 9.44. The Labute approximate surface area is 181 Å². The first kappa shape index (κ1) is 21.9. The van der Waals surface area contributed by atoms with Crippen LogP contribution in [-0.4, -0.2) is 5.78 Å². The minimum atomic E-state index is 0.473. The normalized spacial score (nSPS) is 45.6. The van der Waals surface area contributed by atoms with Crippen molar-refractivity contribution in [2.24, 2.45) is 52.3 Å². The maximum atomic E-state index is 12.1. The zero-order valence-electron chi connectivity index (χ0n) is 20.1. The molecule has 4 aliphatic carbocycles. The average Bonchev–Trinajstić information content (AvgIpc) is 2.98. The van der Waals surface area contributed by atoms with Crippen molar-refractivity contribution in [1.29, 1.82) is 0 Å². The maximum Gasteiger partial charge on any atom is 0.133 e. The molecule has 1 heteroatoms. The Hall–Kier alpha value is -0.330. The number of ketones is 1. The quantitative estimate of drug-likeness (QED) is 0.440. The fraction of sp³-hybridized carbons (Fsp3) is 0.964. The van der Waals surface area contributed by atoms with Crippen molar-refractivity contribution in [2.75, 3.05) is 0 Å². The summed E-state index contributed by atoms with van der Waals surface area (Å²) < 4.78 is 0. The van der Waals surface area contributed by atoms with Crippen molar-refractivity contribution in [1.82, 2.24) is 0 Å². The molecule has 4 rings (SSSR count). The van der Waals surface area contributed by atoms with Crippen molar-refractivity contribution < 1.29 is 4.79 Å². The lowest BCUT2D eigenvalue weighted by Gasteiger charge is -2.60. The summed E-state index contributed by atoms with van der Waals surface area (Å²) >= 11 is 0. The SMILES string of the molecule is CC(C)CCC[C@@H](C)C[C@H]1CCC2C3CCC4CC(=O)CC[C@]4(C)C3CC[C@@]21C. The van der Waals surface area contributed by atoms with E-state index < -0.39 is 0 Å². The zero-order valence-corrected chi connectivity index (χ0v) is 20.1. The molecule has 166 valence electrons. The predicted octanol–water partition coefficient (Wildman–Crippen LogP) is 8.07. The van der Waals surface area contributed by atoms with Gasteiger partial charge in [-0.2, -0.15) is 0 Å². The highest BCUT2D eigenvalue weighted by Crippen LogP contribution is 2.67. The van der Waals surface area contributed by atoms with Gasteiger partial charge in [-0.1, -0.05) is 53.9 Å². The lowest BCUT2D eigenvalue weighted by molar-refractivity contribution is -0.139. The summed E-state index contributed by atoms with van der Waals surface area (Å²) in [5.41, 5.74) is 1.08. The summed E-state index contributed by atoms with van der Waals surface area (Å²) in [4.78, 5) is 12.1. The van der Waals surface area contributed by atoms with Gasteiger partial charge in [0.05, 0.1) is 0 Å². The Morgan fingerprint density at radius 3 is 2.41 bits per heavy atom. The molecule has 4 unspecified atom stereocenters. The molecule has 0 radical (unpaired) electrons. The molecule has 0 aromatic carbocycles. The van der Waals surface area contributed by atoms with E-state index in [1.807, 2.05) is 0 Å². The average molecular weight is 401 g/mol. The van der Waals surface area contributed by atoms with Crippen LogP contribution in [0.1, 0.15) is 118 Å². The number of carbonyl (C=O) groups is 1. The van der Waals surface area contributed by atoms with E-state index in [0.717, 1.165) is 48.3 Å². The monoisotopic (exact) mass is 400 g/mol. The van der Waals surface area contributed by atoms with E-state index in [4.69, 9.17) is 0 Å². The topological polar surface area (TPSA) is 17.1 Å². The van der Waals surface area contributed by atoms with Gasteiger partial charge in [0, 0.05) is 12.8 Å². The molecule has 0 heterocycles. The van der Waals surface area contributed by atoms with Gasteiger partial charge < -0.3 is 0 Å². The number of carbonyl (C=O) groups excluding carboxylic acids is 1. The molecule has 1 nitrogen and oxygen atoms in total. The van der Waals surface area contributed by atoms with Gasteiger partial charge in [-0.15, -0.1) is 0 Å². The first-order valence-electron chi connectivity index (χ1n) is 13.3. The molecule has 0 aliphatic heterocycles. The van der Waals surface area contributed by atoms with E-state index in [0.29, 0.717) is 22.5 Å². The summed E-state index contributed by atoms with van der Waals surface area (Å²) in [6.07, 6.45) is 17.4. The van der Waals surface area contributed by atoms with E-state index in [1.165, 1.54) is 70.6 Å². The van der Waals surface area contributed by atoms with Gasteiger partial charge in [0.15, 0.2) is 0 Å². The van der Waals surface area contributed by atoms with Crippen LogP contribution in [0, 0.1) is 52.3 Å². The molecule has 0 amide bonds. The highest BCUT2D eigenvalue weighted by atomic mass is 16.1. The molecule has 0 bridgehead atoms. The molecule has 4 fully saturated rings. The molecule has 0 saturated heterocycles. The molecule has 0 aromatic heterocycles. The van der Waals surface area contributed by atoms with E-state index >= 15 is 0 Å². The summed E-state index contributed by atoms with van der Waals surface area (Å²) in [5, 5.41) is 0. The minimum absolute atomic E-state index is 0.473. The molecule has 0 aromatic rings. The van der Waals surface area contributed by atoms with Crippen LogP contribution < -0.4 is 0 Å². The van der Waals surface area contributed by atoms with Gasteiger partial charge in [0.1, 0.15) is 5.78 Å². The fourth-order valence-electron chi connectivity index (χ4n) is 9.02. The van der Waals surface area contributed by atoms with Crippen LogP contribution in [0.4, 0.5) is 0 Å². The van der Waals surface area contributed by atoms with Gasteiger partial charge in [-0.05, 0) is 104 Å². The van der Waals surface area contributed by atoms with E-state index in [1.54, 1.807) is 0 Å². The molecular weight excluding hydrogens is 352 g/mol. The highest BCUT2D eigenvalue weighted by Gasteiger charge is 2.59. The largest absolute Gasteiger partial charge is 0.300 e. The van der Waals surface area contributed by atoms with E-state index in [-0.39, 0.29) is 0 Å². The second kappa shape index (κ2) is 8.31. The third-order valence-corrected chi connectivity index (χ3v) is 10.8. The van der Waals surface area contributed by atoms with Crippen LogP contribution in [-0.2, 0) is 4.79 Å². The first-order chi connectivity index (χ1) is 13.7. The number of hydrogen-bond donors (Lipinski definition) is 0. The second-order valence-corrected chi connectivity index (χ2v) is 12.9. The molecule has 0 spiro atoms. The Morgan fingerprint density at radius 1 is 0.897 bits per heavy atom. The summed E-state index contributed by atoms with van der Waals surface area (Å²) in [6.45, 7) is 12.6. The van der Waals surface area contributed by atoms with Gasteiger partial charge >= 0.3 is 0 Å².